The number of carbonyl (C=O) groups excluding carboxylic acids is 7. The van der Waals surface area contributed by atoms with Gasteiger partial charge in [0.1, 0.15) is 88.6 Å². The van der Waals surface area contributed by atoms with Gasteiger partial charge in [-0.05, 0) is 152 Å². The Hall–Kier alpha value is -10.6. The number of nitrogens with one attached hydrogen (secondary N) is 8. The number of aromatic hydroxyl groups is 6. The summed E-state index contributed by atoms with van der Waals surface area (Å²) in [5.41, 5.74) is -1.40. The van der Waals surface area contributed by atoms with Gasteiger partial charge in [0.25, 0.3) is 0 Å². The van der Waals surface area contributed by atoms with Crippen molar-refractivity contribution in [2.45, 2.75) is 74.2 Å². The average Bonchev–Trinajstić information content (AvgIpc) is 0.779. The number of phenols is 6. The lowest BCUT2D eigenvalue weighted by Gasteiger charge is -2.31. The van der Waals surface area contributed by atoms with Gasteiger partial charge in [-0.15, -0.1) is 0 Å². The molecule has 7 aromatic rings. The van der Waals surface area contributed by atoms with Gasteiger partial charge in [0, 0.05) is 42.3 Å². The molecule has 6 aliphatic heterocycles. The third kappa shape index (κ3) is 14.1. The minimum Gasteiger partial charge on any atom is -0.508 e. The van der Waals surface area contributed by atoms with Crippen molar-refractivity contribution in [2.24, 2.45) is 0 Å². The molecule has 29 heteroatoms. The van der Waals surface area contributed by atoms with Crippen LogP contribution in [-0.2, 0) is 40.0 Å². The van der Waals surface area contributed by atoms with Crippen molar-refractivity contribution >= 4 is 64.6 Å². The Morgan fingerprint density at radius 2 is 1.18 bits per heavy atom. The van der Waals surface area contributed by atoms with E-state index in [-0.39, 0.29) is 90.5 Å². The molecule has 13 rings (SSSR count). The number of halogens is 2. The van der Waals surface area contributed by atoms with Crippen molar-refractivity contribution in [1.82, 2.24) is 47.4 Å². The molecule has 0 aromatic heterocycles. The highest BCUT2D eigenvalue weighted by molar-refractivity contribution is 6.32. The van der Waals surface area contributed by atoms with Crippen LogP contribution in [0.15, 0.2) is 115 Å². The van der Waals surface area contributed by atoms with E-state index in [0.717, 1.165) is 48.5 Å². The third-order valence-electron chi connectivity index (χ3n) is 16.2. The molecule has 0 aliphatic carbocycles. The van der Waals surface area contributed by atoms with Crippen molar-refractivity contribution in [3.8, 4) is 80.1 Å². The molecule has 0 saturated heterocycles. The highest BCUT2D eigenvalue weighted by Crippen LogP contribution is 2.48. The Kier molecular flexibility index (Phi) is 18.9. The van der Waals surface area contributed by atoms with Crippen LogP contribution in [0.5, 0.6) is 69.0 Å². The van der Waals surface area contributed by atoms with E-state index >= 15 is 24.0 Å². The van der Waals surface area contributed by atoms with Gasteiger partial charge >= 0.3 is 0 Å². The highest BCUT2D eigenvalue weighted by atomic mass is 35.5. The van der Waals surface area contributed by atoms with Gasteiger partial charge < -0.3 is 97.2 Å². The van der Waals surface area contributed by atoms with Crippen LogP contribution in [-0.4, -0.2) is 139 Å². The number of aliphatic hydroxyl groups excluding tert-OH is 2. The molecule has 27 nitrogen and oxygen atoms in total. The molecule has 6 aliphatic rings. The number of ether oxygens (including phenoxy) is 3. The average molecular weight is 1340 g/mol. The minimum absolute atomic E-state index is 0.0501. The molecule has 0 fully saturated rings. The number of amides is 7. The molecule has 6 heterocycles. The third-order valence-corrected chi connectivity index (χ3v) is 16.8. The first-order chi connectivity index (χ1) is 45.3. The zero-order chi connectivity index (χ0) is 67.8. The van der Waals surface area contributed by atoms with E-state index in [0.29, 0.717) is 18.5 Å². The van der Waals surface area contributed by atoms with E-state index in [2.05, 4.69) is 42.5 Å². The number of rotatable bonds is 8. The fraction of sp³-hybridized carbons (Fsp3) is 0.258. The number of carbonyl (C=O) groups is 7. The van der Waals surface area contributed by atoms with Gasteiger partial charge in [0.05, 0.1) is 16.7 Å². The van der Waals surface area contributed by atoms with Crippen LogP contribution in [0.1, 0.15) is 88.6 Å². The number of benzene rings is 7. The van der Waals surface area contributed by atoms with Gasteiger partial charge in [0.2, 0.25) is 47.1 Å². The lowest BCUT2D eigenvalue weighted by atomic mass is 9.89. The van der Waals surface area contributed by atoms with Crippen LogP contribution in [0.25, 0.3) is 11.1 Å². The summed E-state index contributed by atoms with van der Waals surface area (Å²) in [5, 5.41) is 113. The molecular formula is C66H63Cl2N9O18. The van der Waals surface area contributed by atoms with Crippen LogP contribution in [0.4, 0.5) is 0 Å². The molecule has 16 N–H and O–H groups in total. The number of aliphatic hydroxyl groups is 2. The second-order valence-corrected chi connectivity index (χ2v) is 24.2. The van der Waals surface area contributed by atoms with E-state index in [1.54, 1.807) is 6.92 Å². The summed E-state index contributed by atoms with van der Waals surface area (Å²) in [6.45, 7) is 1.70. The van der Waals surface area contributed by atoms with Gasteiger partial charge in [0.15, 0.2) is 23.0 Å². The van der Waals surface area contributed by atoms with Gasteiger partial charge in [-0.2, -0.15) is 0 Å². The Morgan fingerprint density at radius 3 is 1.85 bits per heavy atom. The van der Waals surface area contributed by atoms with E-state index in [4.69, 9.17) is 37.4 Å². The standard InChI is InChI=1S/C66H63Cl2N9O18/c1-28(27-78)70-52-31-7-10-44(82)48(21-31)93-37-18-33(17-35(79)24-37)54-64(90)74-55-34-22-49(94-46-11-5-29(15-40(46)67)16-42(60(86)72-54)71-62(52)88)59(85)50(23-34)95-47-12-8-32(20-41(47)68)58(84)57-66(92)75-56(61(87)69-13-4-14-77(2)3)39-25-36(80)26-45(83)51(39)38-19-30(6-9-43(38)81)53(63(89)76-57)73-65(55)91/h5-12,15,17-26,28,42,52-58,70,78-85H,4,13-14,16,27H2,1-3H3,(H,69,87)(H,71,88)(H,72,86)(H,73,91)(H,74,90)(H,75,92)(H,76,89)/t28?,42-,52+,53-,54+,55-,56+,57+,58-/m1/s1. The van der Waals surface area contributed by atoms with Gasteiger partial charge in [-0.1, -0.05) is 47.5 Å². The second kappa shape index (κ2) is 27.2. The topological polar surface area (TPSA) is 408 Å². The lowest BCUT2D eigenvalue weighted by molar-refractivity contribution is -0.137. The number of phenolic OH excluding ortho intramolecular Hbond substituents is 6. The highest BCUT2D eigenvalue weighted by Gasteiger charge is 2.42. The summed E-state index contributed by atoms with van der Waals surface area (Å²) >= 11 is 13.9. The molecule has 0 saturated carbocycles. The summed E-state index contributed by atoms with van der Waals surface area (Å²) in [6.07, 6.45) is -2.02. The smallest absolute Gasteiger partial charge is 0.248 e. The molecular weight excluding hydrogens is 1280 g/mol. The number of hydrogen-bond donors (Lipinski definition) is 16. The Bertz CT molecular complexity index is 4270. The largest absolute Gasteiger partial charge is 0.508 e. The number of hydrogen-bond acceptors (Lipinski definition) is 20. The van der Waals surface area contributed by atoms with Crippen LogP contribution >= 0.6 is 23.2 Å². The molecule has 9 atom stereocenters. The molecule has 7 aromatic carbocycles. The maximum Gasteiger partial charge on any atom is 0.248 e. The summed E-state index contributed by atoms with van der Waals surface area (Å²) in [5.74, 6) is -13.4. The molecule has 494 valence electrons. The van der Waals surface area contributed by atoms with Gasteiger partial charge in [-0.25, -0.2) is 0 Å². The van der Waals surface area contributed by atoms with Crippen molar-refractivity contribution in [3.63, 3.8) is 0 Å². The fourth-order valence-corrected chi connectivity index (χ4v) is 11.9. The Balaban J connectivity index is 1.12. The number of fused-ring (bicyclic) bond motifs is 14. The first-order valence-corrected chi connectivity index (χ1v) is 30.4. The van der Waals surface area contributed by atoms with Crippen LogP contribution in [0, 0.1) is 0 Å². The maximum atomic E-state index is 15.9. The predicted octanol–water partition coefficient (Wildman–Crippen LogP) is 4.98. The van der Waals surface area contributed by atoms with Crippen LogP contribution in [0.2, 0.25) is 10.0 Å². The summed E-state index contributed by atoms with van der Waals surface area (Å²) in [4.78, 5) is 109. The lowest BCUT2D eigenvalue weighted by Crippen LogP contribution is -2.56. The summed E-state index contributed by atoms with van der Waals surface area (Å²) in [6, 6.07) is 8.84. The van der Waals surface area contributed by atoms with E-state index in [1.165, 1.54) is 66.7 Å². The normalized spacial score (nSPS) is 21.3. The second-order valence-electron chi connectivity index (χ2n) is 23.4. The molecule has 0 radical (unpaired) electrons. The van der Waals surface area contributed by atoms with Gasteiger partial charge in [-0.3, -0.25) is 38.9 Å². The fourth-order valence-electron chi connectivity index (χ4n) is 11.4. The quantitative estimate of drug-likeness (QED) is 0.0892. The Morgan fingerprint density at radius 1 is 0.579 bits per heavy atom. The van der Waals surface area contributed by atoms with E-state index in [1.807, 2.05) is 19.0 Å². The Labute approximate surface area is 550 Å². The zero-order valence-electron chi connectivity index (χ0n) is 50.6. The van der Waals surface area contributed by atoms with Crippen LogP contribution < -0.4 is 56.7 Å². The van der Waals surface area contributed by atoms with E-state index in [9.17, 15) is 50.4 Å². The monoisotopic (exact) mass is 1340 g/mol. The first-order valence-electron chi connectivity index (χ1n) is 29.6. The molecule has 95 heavy (non-hydrogen) atoms. The summed E-state index contributed by atoms with van der Waals surface area (Å²) < 4.78 is 18.7. The van der Waals surface area contributed by atoms with Crippen molar-refractivity contribution in [1.29, 1.82) is 0 Å². The summed E-state index contributed by atoms with van der Waals surface area (Å²) in [7, 11) is 3.63. The predicted molar refractivity (Wildman–Crippen MR) is 339 cm³/mol. The van der Waals surface area contributed by atoms with Crippen molar-refractivity contribution in [2.75, 3.05) is 33.8 Å². The molecule has 1 unspecified atom stereocenters. The first kappa shape index (κ1) is 65.9. The SMILES string of the molecule is CC(CO)N[C@@H]1C(=O)N[C@@H]2Cc3ccc(c(Cl)c3)Oc3cc4cc(c3O)Oc3ccc(cc3Cl)[C@@H](O)[C@@H]3NC(=O)[C@H](NC(=O)[C@@H]4NC(=O)[C@@H](NC2=O)c2cc(O)cc(c2)Oc2cc1ccc2O)c1ccc(O)c(c1)-c1c(O)cc(O)cc1[C@@H](C(=O)NCCCN(C)C)NC3=O. The van der Waals surface area contributed by atoms with Crippen molar-refractivity contribution in [3.05, 3.63) is 164 Å². The zero-order valence-corrected chi connectivity index (χ0v) is 52.1. The molecule has 7 amide bonds. The van der Waals surface area contributed by atoms with Crippen molar-refractivity contribution < 1.29 is 88.6 Å². The van der Waals surface area contributed by atoms with E-state index < -0.39 is 148 Å². The van der Waals surface area contributed by atoms with Crippen LogP contribution in [0.3, 0.4) is 0 Å². The maximum absolute atomic E-state index is 15.9. The minimum atomic E-state index is -2.17. The number of nitrogens with zero attached hydrogens (tertiary/aromatic N) is 1. The molecule has 0 spiro atoms. The molecule has 17 bridgehead atoms.